The molecule has 0 saturated carbocycles. The van der Waals surface area contributed by atoms with Gasteiger partial charge in [-0.15, -0.1) is 0 Å². The topological polar surface area (TPSA) is 90.9 Å². The van der Waals surface area contributed by atoms with E-state index in [0.29, 0.717) is 25.0 Å². The van der Waals surface area contributed by atoms with Crippen molar-refractivity contribution in [3.05, 3.63) is 29.8 Å². The van der Waals surface area contributed by atoms with Gasteiger partial charge >= 0.3 is 5.97 Å². The van der Waals surface area contributed by atoms with Crippen LogP contribution in [0.3, 0.4) is 0 Å². The number of ether oxygens (including phenoxy) is 3. The molecular formula is C14H17NO6. The molecule has 0 bridgehead atoms. The van der Waals surface area contributed by atoms with E-state index >= 15 is 0 Å². The minimum Gasteiger partial charge on any atom is -0.481 e. The number of benzene rings is 1. The molecule has 0 aromatic heterocycles. The molecule has 1 N–H and O–H groups in total. The van der Waals surface area contributed by atoms with Crippen molar-refractivity contribution in [2.24, 2.45) is 0 Å². The van der Waals surface area contributed by atoms with Crippen molar-refractivity contribution in [3.8, 4) is 5.75 Å². The van der Waals surface area contributed by atoms with E-state index in [-0.39, 0.29) is 19.0 Å². The molecule has 1 rings (SSSR count). The highest BCUT2D eigenvalue weighted by molar-refractivity contribution is 5.81. The summed E-state index contributed by atoms with van der Waals surface area (Å²) in [6.07, 6.45) is 0.629. The SMILES string of the molecule is COCCNC(=O)COC(=O)COc1ccccc1C=O. The first-order chi connectivity index (χ1) is 10.2. The van der Waals surface area contributed by atoms with Crippen LogP contribution in [0.15, 0.2) is 24.3 Å². The maximum atomic E-state index is 11.4. The van der Waals surface area contributed by atoms with E-state index in [9.17, 15) is 14.4 Å². The van der Waals surface area contributed by atoms with Crippen LogP contribution in [0, 0.1) is 0 Å². The molecule has 0 aliphatic heterocycles. The van der Waals surface area contributed by atoms with Crippen LogP contribution in [-0.4, -0.2) is 51.6 Å². The number of nitrogens with one attached hydrogen (secondary N) is 1. The summed E-state index contributed by atoms with van der Waals surface area (Å²) in [6.45, 7) is -0.0428. The van der Waals surface area contributed by atoms with Crippen molar-refractivity contribution in [2.45, 2.75) is 0 Å². The molecule has 0 heterocycles. The van der Waals surface area contributed by atoms with Crippen LogP contribution < -0.4 is 10.1 Å². The molecule has 1 aromatic carbocycles. The number of hydrogen-bond donors (Lipinski definition) is 1. The van der Waals surface area contributed by atoms with Gasteiger partial charge in [0, 0.05) is 13.7 Å². The number of aldehydes is 1. The first-order valence-corrected chi connectivity index (χ1v) is 6.25. The van der Waals surface area contributed by atoms with E-state index in [1.54, 1.807) is 24.3 Å². The molecule has 1 amide bonds. The predicted molar refractivity (Wildman–Crippen MR) is 73.2 cm³/mol. The summed E-state index contributed by atoms with van der Waals surface area (Å²) in [7, 11) is 1.51. The van der Waals surface area contributed by atoms with Crippen LogP contribution in [0.1, 0.15) is 10.4 Å². The van der Waals surface area contributed by atoms with Crippen LogP contribution in [0.2, 0.25) is 0 Å². The van der Waals surface area contributed by atoms with Crippen molar-refractivity contribution < 1.29 is 28.6 Å². The lowest BCUT2D eigenvalue weighted by Crippen LogP contribution is -2.32. The first-order valence-electron chi connectivity index (χ1n) is 6.25. The van der Waals surface area contributed by atoms with Crippen LogP contribution >= 0.6 is 0 Å². The molecule has 0 saturated heterocycles. The Bertz CT molecular complexity index is 488. The summed E-state index contributed by atoms with van der Waals surface area (Å²) < 4.78 is 14.6. The number of carbonyl (C=O) groups excluding carboxylic acids is 3. The Morgan fingerprint density at radius 3 is 2.71 bits per heavy atom. The highest BCUT2D eigenvalue weighted by Gasteiger charge is 2.09. The summed E-state index contributed by atoms with van der Waals surface area (Å²) in [5, 5.41) is 2.50. The normalized spacial score (nSPS) is 9.76. The second kappa shape index (κ2) is 9.49. The quantitative estimate of drug-likeness (QED) is 0.397. The van der Waals surface area contributed by atoms with Crippen molar-refractivity contribution in [1.29, 1.82) is 0 Å². The lowest BCUT2D eigenvalue weighted by atomic mass is 10.2. The zero-order valence-electron chi connectivity index (χ0n) is 11.7. The molecule has 7 heteroatoms. The molecule has 0 fully saturated rings. The molecule has 0 aliphatic rings. The third-order valence-electron chi connectivity index (χ3n) is 2.38. The fourth-order valence-electron chi connectivity index (χ4n) is 1.38. The van der Waals surface area contributed by atoms with Gasteiger partial charge in [0.05, 0.1) is 12.2 Å². The molecule has 114 valence electrons. The smallest absolute Gasteiger partial charge is 0.344 e. The average Bonchev–Trinajstić information content (AvgIpc) is 2.51. The number of amides is 1. The van der Waals surface area contributed by atoms with Crippen molar-refractivity contribution in [1.82, 2.24) is 5.32 Å². The van der Waals surface area contributed by atoms with Crippen molar-refractivity contribution >= 4 is 18.2 Å². The molecule has 21 heavy (non-hydrogen) atoms. The maximum Gasteiger partial charge on any atom is 0.344 e. The Kier molecular flexibility index (Phi) is 7.52. The van der Waals surface area contributed by atoms with Gasteiger partial charge in [-0.05, 0) is 12.1 Å². The Hall–Kier alpha value is -2.41. The lowest BCUT2D eigenvalue weighted by molar-refractivity contribution is -0.150. The second-order valence-electron chi connectivity index (χ2n) is 3.95. The van der Waals surface area contributed by atoms with Gasteiger partial charge in [0.15, 0.2) is 19.5 Å². The summed E-state index contributed by atoms with van der Waals surface area (Å²) in [6, 6.07) is 6.49. The molecule has 0 spiro atoms. The lowest BCUT2D eigenvalue weighted by Gasteiger charge is -2.08. The number of hydrogen-bond acceptors (Lipinski definition) is 6. The van der Waals surface area contributed by atoms with Gasteiger partial charge in [0.2, 0.25) is 0 Å². The van der Waals surface area contributed by atoms with E-state index in [1.165, 1.54) is 7.11 Å². The fourth-order valence-corrected chi connectivity index (χ4v) is 1.38. The van der Waals surface area contributed by atoms with Gasteiger partial charge < -0.3 is 19.5 Å². The summed E-state index contributed by atoms with van der Waals surface area (Å²) >= 11 is 0. The third kappa shape index (κ3) is 6.53. The second-order valence-corrected chi connectivity index (χ2v) is 3.95. The molecule has 0 atom stereocenters. The molecule has 0 aliphatic carbocycles. The minimum absolute atomic E-state index is 0.286. The summed E-state index contributed by atoms with van der Waals surface area (Å²) in [4.78, 5) is 33.4. The number of para-hydroxylation sites is 1. The van der Waals surface area contributed by atoms with Crippen LogP contribution in [0.4, 0.5) is 0 Å². The molecule has 1 aromatic rings. The van der Waals surface area contributed by atoms with Crippen molar-refractivity contribution in [2.75, 3.05) is 33.5 Å². The van der Waals surface area contributed by atoms with E-state index < -0.39 is 11.9 Å². The highest BCUT2D eigenvalue weighted by Crippen LogP contribution is 2.15. The molecule has 7 nitrogen and oxygen atoms in total. The van der Waals surface area contributed by atoms with Crippen LogP contribution in [-0.2, 0) is 19.1 Å². The zero-order chi connectivity index (χ0) is 15.5. The van der Waals surface area contributed by atoms with Gasteiger partial charge in [-0.3, -0.25) is 9.59 Å². The van der Waals surface area contributed by atoms with E-state index in [0.717, 1.165) is 0 Å². The van der Waals surface area contributed by atoms with E-state index in [2.05, 4.69) is 5.32 Å². The summed E-state index contributed by atoms with van der Waals surface area (Å²) in [5.41, 5.74) is 0.336. The fraction of sp³-hybridized carbons (Fsp3) is 0.357. The zero-order valence-corrected chi connectivity index (χ0v) is 11.7. The van der Waals surface area contributed by atoms with Gasteiger partial charge in [0.1, 0.15) is 5.75 Å². The Labute approximate surface area is 122 Å². The molecule has 0 unspecified atom stereocenters. The number of rotatable bonds is 9. The van der Waals surface area contributed by atoms with Gasteiger partial charge in [0.25, 0.3) is 5.91 Å². The average molecular weight is 295 g/mol. The monoisotopic (exact) mass is 295 g/mol. The Morgan fingerprint density at radius 1 is 1.24 bits per heavy atom. The Morgan fingerprint density at radius 2 is 2.00 bits per heavy atom. The largest absolute Gasteiger partial charge is 0.481 e. The predicted octanol–water partition coefficient (Wildman–Crippen LogP) is 0.184. The molecule has 0 radical (unpaired) electrons. The third-order valence-corrected chi connectivity index (χ3v) is 2.38. The van der Waals surface area contributed by atoms with E-state index in [1.807, 2.05) is 0 Å². The summed E-state index contributed by atoms with van der Waals surface area (Å²) in [5.74, 6) is -0.833. The van der Waals surface area contributed by atoms with Crippen molar-refractivity contribution in [3.63, 3.8) is 0 Å². The van der Waals surface area contributed by atoms with Gasteiger partial charge in [-0.2, -0.15) is 0 Å². The van der Waals surface area contributed by atoms with Crippen LogP contribution in [0.25, 0.3) is 0 Å². The Balaban J connectivity index is 2.28. The standard InChI is InChI=1S/C14H17NO6/c1-19-7-6-15-13(17)9-21-14(18)10-20-12-5-3-2-4-11(12)8-16/h2-5,8H,6-7,9-10H2,1H3,(H,15,17). The van der Waals surface area contributed by atoms with Gasteiger partial charge in [-0.25, -0.2) is 4.79 Å². The van der Waals surface area contributed by atoms with Crippen LogP contribution in [0.5, 0.6) is 5.75 Å². The molecular weight excluding hydrogens is 278 g/mol. The number of methoxy groups -OCH3 is 1. The van der Waals surface area contributed by atoms with E-state index in [4.69, 9.17) is 14.2 Å². The maximum absolute atomic E-state index is 11.4. The minimum atomic E-state index is -0.697. The number of esters is 1. The number of carbonyl (C=O) groups is 3. The highest BCUT2D eigenvalue weighted by atomic mass is 16.6. The van der Waals surface area contributed by atoms with Gasteiger partial charge in [-0.1, -0.05) is 12.1 Å². The first kappa shape index (κ1) is 16.6.